The topological polar surface area (TPSA) is 41.6 Å². The Morgan fingerprint density at radius 2 is 1.70 bits per heavy atom. The first kappa shape index (κ1) is 12.2. The van der Waals surface area contributed by atoms with Gasteiger partial charge in [0, 0.05) is 11.6 Å². The molecule has 3 rings (SSSR count). The number of hydrogen-bond donors (Lipinski definition) is 0. The van der Waals surface area contributed by atoms with Crippen molar-refractivity contribution in [3.8, 4) is 23.0 Å². The molecular weight excluding hydrogens is 246 g/mol. The molecular formula is C17H13N3. The smallest absolute Gasteiger partial charge is 0.163 e. The molecule has 2 aromatic carbocycles. The molecule has 0 aliphatic heterocycles. The van der Waals surface area contributed by atoms with Crippen LogP contribution in [0.2, 0.25) is 0 Å². The fourth-order valence-corrected chi connectivity index (χ4v) is 2.13. The number of hydrogen-bond acceptors (Lipinski definition) is 2. The third-order valence-corrected chi connectivity index (χ3v) is 3.17. The molecule has 0 saturated heterocycles. The summed E-state index contributed by atoms with van der Waals surface area (Å²) in [6.45, 7) is 2.05. The van der Waals surface area contributed by atoms with Crippen LogP contribution in [0.25, 0.3) is 16.9 Å². The fourth-order valence-electron chi connectivity index (χ4n) is 2.13. The second-order valence-electron chi connectivity index (χ2n) is 4.64. The average Bonchev–Trinajstić information content (AvgIpc) is 2.93. The van der Waals surface area contributed by atoms with Gasteiger partial charge in [-0.25, -0.2) is 4.68 Å². The van der Waals surface area contributed by atoms with Crippen molar-refractivity contribution in [1.29, 1.82) is 5.26 Å². The van der Waals surface area contributed by atoms with E-state index in [1.807, 2.05) is 72.3 Å². The number of benzene rings is 2. The molecule has 3 heteroatoms. The van der Waals surface area contributed by atoms with Gasteiger partial charge in [-0.05, 0) is 19.1 Å². The summed E-state index contributed by atoms with van der Waals surface area (Å²) in [4.78, 5) is 0. The minimum Gasteiger partial charge on any atom is -0.232 e. The summed E-state index contributed by atoms with van der Waals surface area (Å²) in [6, 6.07) is 22.0. The molecule has 0 spiro atoms. The molecule has 0 saturated carbocycles. The van der Waals surface area contributed by atoms with Crippen LogP contribution in [0.3, 0.4) is 0 Å². The van der Waals surface area contributed by atoms with Gasteiger partial charge in [-0.3, -0.25) is 0 Å². The van der Waals surface area contributed by atoms with E-state index in [9.17, 15) is 0 Å². The summed E-state index contributed by atoms with van der Waals surface area (Å²) in [5.74, 6) is 0. The molecule has 0 unspecified atom stereocenters. The molecule has 20 heavy (non-hydrogen) atoms. The normalized spacial score (nSPS) is 10.2. The van der Waals surface area contributed by atoms with Crippen LogP contribution in [0.5, 0.6) is 0 Å². The van der Waals surface area contributed by atoms with Gasteiger partial charge < -0.3 is 0 Å². The lowest BCUT2D eigenvalue weighted by Gasteiger charge is -2.07. The lowest BCUT2D eigenvalue weighted by Crippen LogP contribution is -1.99. The molecule has 0 radical (unpaired) electrons. The second-order valence-corrected chi connectivity index (χ2v) is 4.64. The molecule has 0 amide bonds. The minimum atomic E-state index is 0.421. The predicted molar refractivity (Wildman–Crippen MR) is 78.5 cm³/mol. The molecule has 0 fully saturated rings. The van der Waals surface area contributed by atoms with Gasteiger partial charge >= 0.3 is 0 Å². The van der Waals surface area contributed by atoms with E-state index < -0.39 is 0 Å². The van der Waals surface area contributed by atoms with Crippen molar-refractivity contribution in [2.45, 2.75) is 6.92 Å². The van der Waals surface area contributed by atoms with Gasteiger partial charge in [0.25, 0.3) is 0 Å². The highest BCUT2D eigenvalue weighted by Gasteiger charge is 2.11. The highest BCUT2D eigenvalue weighted by molar-refractivity contribution is 5.63. The maximum atomic E-state index is 9.09. The zero-order valence-corrected chi connectivity index (χ0v) is 11.1. The van der Waals surface area contributed by atoms with Crippen molar-refractivity contribution in [3.63, 3.8) is 0 Å². The molecule has 1 aromatic heterocycles. The Labute approximate surface area is 117 Å². The molecule has 1 heterocycles. The molecule has 0 bridgehead atoms. The van der Waals surface area contributed by atoms with Crippen molar-refractivity contribution in [2.24, 2.45) is 0 Å². The second kappa shape index (κ2) is 5.02. The molecule has 0 aliphatic carbocycles. The molecule has 0 N–H and O–H groups in total. The highest BCUT2D eigenvalue weighted by atomic mass is 15.3. The number of nitrogens with zero attached hydrogens (tertiary/aromatic N) is 3. The summed E-state index contributed by atoms with van der Waals surface area (Å²) in [7, 11) is 0. The van der Waals surface area contributed by atoms with E-state index in [0.29, 0.717) is 5.69 Å². The van der Waals surface area contributed by atoms with Crippen LogP contribution in [-0.2, 0) is 0 Å². The van der Waals surface area contributed by atoms with Crippen molar-refractivity contribution in [1.82, 2.24) is 9.78 Å². The third kappa shape index (κ3) is 2.19. The summed E-state index contributed by atoms with van der Waals surface area (Å²) in [5, 5.41) is 13.4. The van der Waals surface area contributed by atoms with Crippen LogP contribution in [-0.4, -0.2) is 9.78 Å². The van der Waals surface area contributed by atoms with Gasteiger partial charge in [0.2, 0.25) is 0 Å². The minimum absolute atomic E-state index is 0.421. The quantitative estimate of drug-likeness (QED) is 0.703. The van der Waals surface area contributed by atoms with E-state index in [1.165, 1.54) is 5.56 Å². The van der Waals surface area contributed by atoms with Crippen LogP contribution in [0, 0.1) is 18.3 Å². The van der Waals surface area contributed by atoms with Crippen LogP contribution in [0.15, 0.2) is 60.7 Å². The average molecular weight is 259 g/mol. The Morgan fingerprint density at radius 3 is 2.35 bits per heavy atom. The number of aryl methyl sites for hydroxylation is 1. The number of rotatable bonds is 2. The Balaban J connectivity index is 2.18. The Bertz CT molecular complexity index is 762. The summed E-state index contributed by atoms with van der Waals surface area (Å²) >= 11 is 0. The highest BCUT2D eigenvalue weighted by Crippen LogP contribution is 2.23. The van der Waals surface area contributed by atoms with Crippen molar-refractivity contribution in [2.75, 3.05) is 0 Å². The van der Waals surface area contributed by atoms with E-state index >= 15 is 0 Å². The Hall–Kier alpha value is -2.86. The van der Waals surface area contributed by atoms with E-state index in [1.54, 1.807) is 0 Å². The zero-order chi connectivity index (χ0) is 13.9. The number of aromatic nitrogens is 2. The standard InChI is InChI=1S/C17H13N3/c1-13-7-9-16(10-8-13)20-17(11-15(12-18)19-20)14-5-3-2-4-6-14/h2-11H,1H3. The maximum absolute atomic E-state index is 9.09. The van der Waals surface area contributed by atoms with E-state index in [-0.39, 0.29) is 0 Å². The Morgan fingerprint density at radius 1 is 1.00 bits per heavy atom. The Kier molecular flexibility index (Phi) is 3.06. The summed E-state index contributed by atoms with van der Waals surface area (Å²) in [6.07, 6.45) is 0. The SMILES string of the molecule is Cc1ccc(-n2nc(C#N)cc2-c2ccccc2)cc1. The van der Waals surface area contributed by atoms with E-state index in [2.05, 4.69) is 11.2 Å². The summed E-state index contributed by atoms with van der Waals surface area (Å²) in [5.41, 5.74) is 4.54. The first-order valence-electron chi connectivity index (χ1n) is 6.40. The van der Waals surface area contributed by atoms with Gasteiger partial charge in [0.05, 0.1) is 11.4 Å². The van der Waals surface area contributed by atoms with Gasteiger partial charge in [0.15, 0.2) is 5.69 Å². The first-order chi connectivity index (χ1) is 9.78. The first-order valence-corrected chi connectivity index (χ1v) is 6.40. The van der Waals surface area contributed by atoms with Gasteiger partial charge in [-0.15, -0.1) is 0 Å². The van der Waals surface area contributed by atoms with Crippen LogP contribution >= 0.6 is 0 Å². The fraction of sp³-hybridized carbons (Fsp3) is 0.0588. The third-order valence-electron chi connectivity index (χ3n) is 3.17. The van der Waals surface area contributed by atoms with Crippen molar-refractivity contribution < 1.29 is 0 Å². The molecule has 3 aromatic rings. The van der Waals surface area contributed by atoms with Crippen LogP contribution < -0.4 is 0 Å². The summed E-state index contributed by atoms with van der Waals surface area (Å²) < 4.78 is 1.81. The van der Waals surface area contributed by atoms with E-state index in [4.69, 9.17) is 5.26 Å². The van der Waals surface area contributed by atoms with E-state index in [0.717, 1.165) is 16.9 Å². The lowest BCUT2D eigenvalue weighted by atomic mass is 10.1. The largest absolute Gasteiger partial charge is 0.232 e. The monoisotopic (exact) mass is 259 g/mol. The maximum Gasteiger partial charge on any atom is 0.163 e. The molecule has 0 atom stereocenters. The van der Waals surface area contributed by atoms with Crippen molar-refractivity contribution >= 4 is 0 Å². The lowest BCUT2D eigenvalue weighted by molar-refractivity contribution is 0.880. The molecule has 3 nitrogen and oxygen atoms in total. The van der Waals surface area contributed by atoms with Gasteiger partial charge in [-0.1, -0.05) is 48.0 Å². The molecule has 96 valence electrons. The van der Waals surface area contributed by atoms with Gasteiger partial charge in [-0.2, -0.15) is 10.4 Å². The van der Waals surface area contributed by atoms with Gasteiger partial charge in [0.1, 0.15) is 6.07 Å². The van der Waals surface area contributed by atoms with Crippen LogP contribution in [0.4, 0.5) is 0 Å². The van der Waals surface area contributed by atoms with Crippen LogP contribution in [0.1, 0.15) is 11.3 Å². The predicted octanol–water partition coefficient (Wildman–Crippen LogP) is 3.72. The molecule has 0 aliphatic rings. The zero-order valence-electron chi connectivity index (χ0n) is 11.1. The number of nitriles is 1. The van der Waals surface area contributed by atoms with Crippen molar-refractivity contribution in [3.05, 3.63) is 71.9 Å².